The van der Waals surface area contributed by atoms with Crippen molar-refractivity contribution in [3.05, 3.63) is 48.6 Å². The molecule has 1 aliphatic carbocycles. The molecule has 86 valence electrons. The van der Waals surface area contributed by atoms with Crippen molar-refractivity contribution < 1.29 is 0 Å². The van der Waals surface area contributed by atoms with Crippen LogP contribution >= 0.6 is 0 Å². The van der Waals surface area contributed by atoms with Gasteiger partial charge in [-0.15, -0.1) is 6.58 Å². The third-order valence-electron chi connectivity index (χ3n) is 3.97. The molecular formula is C16H22. The van der Waals surface area contributed by atoms with Crippen LogP contribution in [0.5, 0.6) is 0 Å². The van der Waals surface area contributed by atoms with E-state index in [4.69, 9.17) is 0 Å². The Hall–Kier alpha value is -1.04. The zero-order chi connectivity index (χ0) is 11.4. The zero-order valence-corrected chi connectivity index (χ0v) is 10.3. The Bertz CT molecular complexity index is 338. The van der Waals surface area contributed by atoms with Crippen molar-refractivity contribution in [1.29, 1.82) is 0 Å². The Morgan fingerprint density at radius 2 is 2.12 bits per heavy atom. The Morgan fingerprint density at radius 1 is 1.38 bits per heavy atom. The van der Waals surface area contributed by atoms with Crippen molar-refractivity contribution in [3.63, 3.8) is 0 Å². The fourth-order valence-electron chi connectivity index (χ4n) is 2.92. The average Bonchev–Trinajstić information content (AvgIpc) is 3.03. The van der Waals surface area contributed by atoms with Crippen LogP contribution in [0.1, 0.15) is 50.5 Å². The summed E-state index contributed by atoms with van der Waals surface area (Å²) >= 11 is 0. The number of hydrogen-bond acceptors (Lipinski definition) is 0. The summed E-state index contributed by atoms with van der Waals surface area (Å²) in [6.45, 7) is 6.20. The summed E-state index contributed by atoms with van der Waals surface area (Å²) in [5.41, 5.74) is 2.08. The standard InChI is InChI=1S/C16H22/c1-3-5-12-16(11-4-2)13-15(16)14-9-7-6-8-10-14/h4,6-10,15H,2-3,5,11-13H2,1H3/t15?,16-/m0/s1. The van der Waals surface area contributed by atoms with Crippen LogP contribution in [-0.4, -0.2) is 0 Å². The van der Waals surface area contributed by atoms with Crippen molar-refractivity contribution in [2.75, 3.05) is 0 Å². The fraction of sp³-hybridized carbons (Fsp3) is 0.500. The summed E-state index contributed by atoms with van der Waals surface area (Å²) < 4.78 is 0. The molecule has 0 bridgehead atoms. The highest BCUT2D eigenvalue weighted by Gasteiger charge is 2.52. The van der Waals surface area contributed by atoms with E-state index in [1.807, 2.05) is 0 Å². The van der Waals surface area contributed by atoms with Crippen LogP contribution in [0.3, 0.4) is 0 Å². The molecule has 0 saturated heterocycles. The third-order valence-corrected chi connectivity index (χ3v) is 3.97. The molecule has 0 nitrogen and oxygen atoms in total. The van der Waals surface area contributed by atoms with Crippen molar-refractivity contribution in [2.45, 2.75) is 44.9 Å². The van der Waals surface area contributed by atoms with E-state index in [2.05, 4.69) is 49.9 Å². The molecule has 1 aliphatic rings. The van der Waals surface area contributed by atoms with Gasteiger partial charge in [0.1, 0.15) is 0 Å². The molecule has 0 aromatic heterocycles. The van der Waals surface area contributed by atoms with E-state index in [0.717, 1.165) is 5.92 Å². The van der Waals surface area contributed by atoms with E-state index in [0.29, 0.717) is 5.41 Å². The van der Waals surface area contributed by atoms with E-state index in [-0.39, 0.29) is 0 Å². The molecule has 1 unspecified atom stereocenters. The van der Waals surface area contributed by atoms with Crippen molar-refractivity contribution in [2.24, 2.45) is 5.41 Å². The highest BCUT2D eigenvalue weighted by molar-refractivity contribution is 5.30. The Kier molecular flexibility index (Phi) is 3.48. The number of benzene rings is 1. The van der Waals surface area contributed by atoms with Gasteiger partial charge in [0.25, 0.3) is 0 Å². The molecule has 16 heavy (non-hydrogen) atoms. The van der Waals surface area contributed by atoms with Gasteiger partial charge in [0.15, 0.2) is 0 Å². The van der Waals surface area contributed by atoms with Crippen LogP contribution in [0.4, 0.5) is 0 Å². The second-order valence-corrected chi connectivity index (χ2v) is 5.13. The quantitative estimate of drug-likeness (QED) is 0.589. The van der Waals surface area contributed by atoms with E-state index >= 15 is 0 Å². The van der Waals surface area contributed by atoms with Crippen molar-refractivity contribution >= 4 is 0 Å². The molecule has 0 aliphatic heterocycles. The molecule has 0 amide bonds. The molecule has 0 radical (unpaired) electrons. The first-order valence-corrected chi connectivity index (χ1v) is 6.48. The van der Waals surface area contributed by atoms with Gasteiger partial charge in [-0.1, -0.05) is 56.2 Å². The molecule has 0 N–H and O–H groups in total. The maximum atomic E-state index is 3.92. The van der Waals surface area contributed by atoms with Crippen LogP contribution in [-0.2, 0) is 0 Å². The minimum atomic E-state index is 0.555. The number of rotatable bonds is 6. The largest absolute Gasteiger partial charge is 0.103 e. The van der Waals surface area contributed by atoms with Gasteiger partial charge in [0, 0.05) is 0 Å². The summed E-state index contributed by atoms with van der Waals surface area (Å²) in [4.78, 5) is 0. The van der Waals surface area contributed by atoms with Crippen LogP contribution < -0.4 is 0 Å². The minimum Gasteiger partial charge on any atom is -0.103 e. The molecule has 1 saturated carbocycles. The first-order valence-electron chi connectivity index (χ1n) is 6.48. The van der Waals surface area contributed by atoms with Crippen LogP contribution in [0.2, 0.25) is 0 Å². The SMILES string of the molecule is C=CC[C@]1(CCCC)CC1c1ccccc1. The molecule has 1 aromatic rings. The van der Waals surface area contributed by atoms with Gasteiger partial charge in [-0.2, -0.15) is 0 Å². The summed E-state index contributed by atoms with van der Waals surface area (Å²) in [5.74, 6) is 0.790. The predicted octanol–water partition coefficient (Wildman–Crippen LogP) is 4.93. The molecule has 1 fully saturated rings. The van der Waals surface area contributed by atoms with Crippen LogP contribution in [0, 0.1) is 5.41 Å². The van der Waals surface area contributed by atoms with E-state index in [1.54, 1.807) is 0 Å². The van der Waals surface area contributed by atoms with Gasteiger partial charge in [0.05, 0.1) is 0 Å². The lowest BCUT2D eigenvalue weighted by atomic mass is 9.90. The maximum absolute atomic E-state index is 3.92. The highest BCUT2D eigenvalue weighted by atomic mass is 14.6. The first kappa shape index (κ1) is 11.4. The molecule has 0 heteroatoms. The minimum absolute atomic E-state index is 0.555. The number of hydrogen-bond donors (Lipinski definition) is 0. The topological polar surface area (TPSA) is 0 Å². The Morgan fingerprint density at radius 3 is 2.75 bits per heavy atom. The molecule has 0 spiro atoms. The average molecular weight is 214 g/mol. The summed E-state index contributed by atoms with van der Waals surface area (Å²) in [5, 5.41) is 0. The number of allylic oxidation sites excluding steroid dienone is 1. The lowest BCUT2D eigenvalue weighted by Gasteiger charge is -2.15. The Balaban J connectivity index is 2.06. The molecule has 2 rings (SSSR count). The van der Waals surface area contributed by atoms with E-state index in [1.165, 1.54) is 37.7 Å². The predicted molar refractivity (Wildman–Crippen MR) is 70.6 cm³/mol. The highest BCUT2D eigenvalue weighted by Crippen LogP contribution is 2.64. The van der Waals surface area contributed by atoms with Gasteiger partial charge >= 0.3 is 0 Å². The normalized spacial score (nSPS) is 27.7. The maximum Gasteiger partial charge on any atom is -0.00965 e. The van der Waals surface area contributed by atoms with Gasteiger partial charge in [-0.3, -0.25) is 0 Å². The van der Waals surface area contributed by atoms with Crippen LogP contribution in [0.25, 0.3) is 0 Å². The molecule has 1 aromatic carbocycles. The van der Waals surface area contributed by atoms with Gasteiger partial charge in [0.2, 0.25) is 0 Å². The number of unbranched alkanes of at least 4 members (excludes halogenated alkanes) is 1. The van der Waals surface area contributed by atoms with Gasteiger partial charge in [-0.05, 0) is 36.2 Å². The van der Waals surface area contributed by atoms with Gasteiger partial charge in [-0.25, -0.2) is 0 Å². The zero-order valence-electron chi connectivity index (χ0n) is 10.3. The summed E-state index contributed by atoms with van der Waals surface area (Å²) in [6, 6.07) is 11.0. The lowest BCUT2D eigenvalue weighted by Crippen LogP contribution is -2.02. The lowest BCUT2D eigenvalue weighted by molar-refractivity contribution is 0.435. The fourth-order valence-corrected chi connectivity index (χ4v) is 2.92. The smallest absolute Gasteiger partial charge is 0.00965 e. The van der Waals surface area contributed by atoms with Crippen LogP contribution in [0.15, 0.2) is 43.0 Å². The molecule has 0 heterocycles. The monoisotopic (exact) mass is 214 g/mol. The van der Waals surface area contributed by atoms with Crippen molar-refractivity contribution in [1.82, 2.24) is 0 Å². The summed E-state index contributed by atoms with van der Waals surface area (Å²) in [6.07, 6.45) is 8.70. The Labute approximate surface area is 99.4 Å². The second-order valence-electron chi connectivity index (χ2n) is 5.13. The van der Waals surface area contributed by atoms with Gasteiger partial charge < -0.3 is 0 Å². The first-order chi connectivity index (χ1) is 7.82. The van der Waals surface area contributed by atoms with Crippen molar-refractivity contribution in [3.8, 4) is 0 Å². The third kappa shape index (κ3) is 2.21. The molecular weight excluding hydrogens is 192 g/mol. The molecule has 2 atom stereocenters. The summed E-state index contributed by atoms with van der Waals surface area (Å²) in [7, 11) is 0. The van der Waals surface area contributed by atoms with E-state index < -0.39 is 0 Å². The van der Waals surface area contributed by atoms with E-state index in [9.17, 15) is 0 Å². The second kappa shape index (κ2) is 4.86.